The van der Waals surface area contributed by atoms with Crippen molar-refractivity contribution >= 4 is 11.8 Å². The molecule has 0 spiro atoms. The van der Waals surface area contributed by atoms with Crippen LogP contribution in [0.4, 0.5) is 0 Å². The lowest BCUT2D eigenvalue weighted by Crippen LogP contribution is -2.27. The smallest absolute Gasteiger partial charge is 0.310 e. The van der Waals surface area contributed by atoms with Crippen molar-refractivity contribution in [1.82, 2.24) is 0 Å². The molecule has 3 heteroatoms. The van der Waals surface area contributed by atoms with Crippen LogP contribution in [0.3, 0.4) is 0 Å². The molecule has 1 aliphatic heterocycles. The standard InChI is InChI=1S/C15H20O3/c1-9-5-4-6-10(2)8-13-14(12(16)7-9)11(3)15(17)18-13/h5,8,11,13-14H,4,6-7H2,1-3H3. The minimum absolute atomic E-state index is 0.123. The Morgan fingerprint density at radius 1 is 1.22 bits per heavy atom. The maximum absolute atomic E-state index is 12.3. The molecule has 3 unspecified atom stereocenters. The lowest BCUT2D eigenvalue weighted by atomic mass is 9.84. The minimum Gasteiger partial charge on any atom is -0.457 e. The van der Waals surface area contributed by atoms with E-state index >= 15 is 0 Å². The summed E-state index contributed by atoms with van der Waals surface area (Å²) < 4.78 is 5.33. The highest BCUT2D eigenvalue weighted by Gasteiger charge is 2.44. The number of allylic oxidation sites excluding steroid dienone is 3. The van der Waals surface area contributed by atoms with Gasteiger partial charge in [-0.1, -0.05) is 24.1 Å². The van der Waals surface area contributed by atoms with Gasteiger partial charge in [-0.2, -0.15) is 0 Å². The molecule has 1 saturated heterocycles. The van der Waals surface area contributed by atoms with Crippen molar-refractivity contribution in [3.63, 3.8) is 0 Å². The van der Waals surface area contributed by atoms with E-state index in [4.69, 9.17) is 4.74 Å². The van der Waals surface area contributed by atoms with Crippen molar-refractivity contribution in [2.24, 2.45) is 11.8 Å². The van der Waals surface area contributed by atoms with Crippen LogP contribution in [-0.2, 0) is 14.3 Å². The Bertz CT molecular complexity index is 431. The molecule has 0 aromatic carbocycles. The van der Waals surface area contributed by atoms with E-state index in [0.29, 0.717) is 6.42 Å². The van der Waals surface area contributed by atoms with Crippen LogP contribution < -0.4 is 0 Å². The Hall–Kier alpha value is -1.38. The van der Waals surface area contributed by atoms with Crippen LogP contribution in [0.2, 0.25) is 0 Å². The molecule has 0 bridgehead atoms. The van der Waals surface area contributed by atoms with Crippen molar-refractivity contribution in [2.45, 2.75) is 46.1 Å². The van der Waals surface area contributed by atoms with Crippen molar-refractivity contribution < 1.29 is 14.3 Å². The molecule has 0 saturated carbocycles. The molecular weight excluding hydrogens is 228 g/mol. The molecule has 2 aliphatic rings. The normalized spacial score (nSPS) is 33.4. The minimum atomic E-state index is -0.356. The third-order valence-electron chi connectivity index (χ3n) is 3.82. The first-order valence-corrected chi connectivity index (χ1v) is 6.55. The lowest BCUT2D eigenvalue weighted by molar-refractivity contribution is -0.142. The third-order valence-corrected chi connectivity index (χ3v) is 3.82. The van der Waals surface area contributed by atoms with Crippen molar-refractivity contribution in [3.05, 3.63) is 23.3 Å². The second kappa shape index (κ2) is 5.09. The highest BCUT2D eigenvalue weighted by Crippen LogP contribution is 2.33. The van der Waals surface area contributed by atoms with E-state index in [-0.39, 0.29) is 29.7 Å². The summed E-state index contributed by atoms with van der Waals surface area (Å²) >= 11 is 0. The Morgan fingerprint density at radius 2 is 1.94 bits per heavy atom. The number of ketones is 1. The van der Waals surface area contributed by atoms with Gasteiger partial charge >= 0.3 is 5.97 Å². The molecule has 1 fully saturated rings. The molecule has 0 amide bonds. The summed E-state index contributed by atoms with van der Waals surface area (Å²) in [7, 11) is 0. The van der Waals surface area contributed by atoms with Gasteiger partial charge in [0.1, 0.15) is 11.9 Å². The van der Waals surface area contributed by atoms with E-state index in [9.17, 15) is 9.59 Å². The quantitative estimate of drug-likeness (QED) is 0.489. The van der Waals surface area contributed by atoms with Gasteiger partial charge in [-0.3, -0.25) is 9.59 Å². The fourth-order valence-corrected chi connectivity index (χ4v) is 2.72. The third kappa shape index (κ3) is 2.55. The Morgan fingerprint density at radius 3 is 2.67 bits per heavy atom. The fourth-order valence-electron chi connectivity index (χ4n) is 2.72. The molecule has 1 heterocycles. The zero-order chi connectivity index (χ0) is 13.3. The summed E-state index contributed by atoms with van der Waals surface area (Å²) in [6.45, 7) is 5.80. The van der Waals surface area contributed by atoms with Crippen LogP contribution in [0, 0.1) is 11.8 Å². The van der Waals surface area contributed by atoms with Gasteiger partial charge in [0.2, 0.25) is 0 Å². The summed E-state index contributed by atoms with van der Waals surface area (Å²) in [5, 5.41) is 0. The van der Waals surface area contributed by atoms with E-state index < -0.39 is 0 Å². The number of esters is 1. The molecule has 0 aromatic heterocycles. The van der Waals surface area contributed by atoms with Crippen LogP contribution in [0.15, 0.2) is 23.3 Å². The number of rotatable bonds is 0. The summed E-state index contributed by atoms with van der Waals surface area (Å²) in [6, 6.07) is 0. The van der Waals surface area contributed by atoms with Crippen molar-refractivity contribution in [1.29, 1.82) is 0 Å². The van der Waals surface area contributed by atoms with Gasteiger partial charge in [-0.15, -0.1) is 0 Å². The molecule has 18 heavy (non-hydrogen) atoms. The van der Waals surface area contributed by atoms with Crippen LogP contribution in [-0.4, -0.2) is 17.9 Å². The second-order valence-electron chi connectivity index (χ2n) is 5.46. The predicted octanol–water partition coefficient (Wildman–Crippen LogP) is 2.81. The van der Waals surface area contributed by atoms with Crippen LogP contribution in [0.5, 0.6) is 0 Å². The van der Waals surface area contributed by atoms with Crippen molar-refractivity contribution in [3.8, 4) is 0 Å². The first-order chi connectivity index (χ1) is 8.49. The van der Waals surface area contributed by atoms with Crippen LogP contribution >= 0.6 is 0 Å². The van der Waals surface area contributed by atoms with Crippen LogP contribution in [0.25, 0.3) is 0 Å². The molecule has 0 radical (unpaired) electrons. The van der Waals surface area contributed by atoms with Crippen molar-refractivity contribution in [2.75, 3.05) is 0 Å². The molecule has 98 valence electrons. The highest BCUT2D eigenvalue weighted by molar-refractivity contribution is 5.91. The highest BCUT2D eigenvalue weighted by atomic mass is 16.6. The average Bonchev–Trinajstić information content (AvgIpc) is 2.53. The SMILES string of the molecule is CC1=CC2OC(=O)C(C)C2C(=O)CC(C)=CCC1. The van der Waals surface area contributed by atoms with Crippen LogP contribution in [0.1, 0.15) is 40.0 Å². The number of ether oxygens (including phenoxy) is 1. The lowest BCUT2D eigenvalue weighted by Gasteiger charge is -2.18. The first kappa shape index (κ1) is 13.1. The largest absolute Gasteiger partial charge is 0.457 e. The topological polar surface area (TPSA) is 43.4 Å². The predicted molar refractivity (Wildman–Crippen MR) is 68.9 cm³/mol. The Labute approximate surface area is 108 Å². The number of fused-ring (bicyclic) bond motifs is 1. The number of hydrogen-bond donors (Lipinski definition) is 0. The zero-order valence-corrected chi connectivity index (χ0v) is 11.2. The number of Topliss-reactive ketones (excluding diaryl/α,β-unsaturated/α-hetero) is 1. The van der Waals surface area contributed by atoms with E-state index in [0.717, 1.165) is 18.4 Å². The number of carbonyl (C=O) groups excluding carboxylic acids is 2. The molecule has 3 nitrogen and oxygen atoms in total. The summed E-state index contributed by atoms with van der Waals surface area (Å²) in [5.74, 6) is -0.756. The van der Waals surface area contributed by atoms with Gasteiger partial charge in [0.05, 0.1) is 11.8 Å². The van der Waals surface area contributed by atoms with Gasteiger partial charge in [0, 0.05) is 6.42 Å². The van der Waals surface area contributed by atoms with Gasteiger partial charge in [-0.05, 0) is 32.8 Å². The molecule has 3 atom stereocenters. The average molecular weight is 248 g/mol. The van der Waals surface area contributed by atoms with E-state index in [1.165, 1.54) is 5.57 Å². The van der Waals surface area contributed by atoms with Gasteiger partial charge in [-0.25, -0.2) is 0 Å². The molecule has 1 aliphatic carbocycles. The molecule has 0 aromatic rings. The maximum atomic E-state index is 12.3. The van der Waals surface area contributed by atoms with Gasteiger partial charge in [0.15, 0.2) is 0 Å². The maximum Gasteiger partial charge on any atom is 0.310 e. The monoisotopic (exact) mass is 248 g/mol. The second-order valence-corrected chi connectivity index (χ2v) is 5.46. The summed E-state index contributed by atoms with van der Waals surface area (Å²) in [4.78, 5) is 23.9. The summed E-state index contributed by atoms with van der Waals surface area (Å²) in [6.07, 6.45) is 6.07. The van der Waals surface area contributed by atoms with E-state index in [2.05, 4.69) is 6.08 Å². The van der Waals surface area contributed by atoms with E-state index in [1.807, 2.05) is 19.9 Å². The Balaban J connectivity index is 2.33. The molecule has 0 N–H and O–H groups in total. The molecule has 2 rings (SSSR count). The summed E-state index contributed by atoms with van der Waals surface area (Å²) in [5.41, 5.74) is 2.28. The fraction of sp³-hybridized carbons (Fsp3) is 0.600. The molecular formula is C15H20O3. The number of carbonyl (C=O) groups is 2. The first-order valence-electron chi connectivity index (χ1n) is 6.55. The van der Waals surface area contributed by atoms with Gasteiger partial charge < -0.3 is 4.74 Å². The Kier molecular flexibility index (Phi) is 3.69. The van der Waals surface area contributed by atoms with Gasteiger partial charge in [0.25, 0.3) is 0 Å². The van der Waals surface area contributed by atoms with E-state index in [1.54, 1.807) is 6.92 Å². The zero-order valence-electron chi connectivity index (χ0n) is 11.2. The number of hydrogen-bond acceptors (Lipinski definition) is 3.